The smallest absolute Gasteiger partial charge is 0.169 e. The zero-order valence-electron chi connectivity index (χ0n) is 10.6. The van der Waals surface area contributed by atoms with Crippen molar-refractivity contribution in [3.8, 4) is 0 Å². The van der Waals surface area contributed by atoms with Crippen LogP contribution in [0.4, 0.5) is 0 Å². The second-order valence-corrected chi connectivity index (χ2v) is 5.85. The number of halogens is 1. The van der Waals surface area contributed by atoms with Crippen LogP contribution in [0.2, 0.25) is 0 Å². The summed E-state index contributed by atoms with van der Waals surface area (Å²) in [6.45, 7) is 8.92. The Morgan fingerprint density at radius 2 is 2.06 bits per heavy atom. The molecule has 0 bridgehead atoms. The molecule has 0 aromatic carbocycles. The van der Waals surface area contributed by atoms with E-state index >= 15 is 0 Å². The third kappa shape index (κ3) is 3.57. The molecule has 2 rings (SSSR count). The van der Waals surface area contributed by atoms with Crippen LogP contribution in [0.5, 0.6) is 0 Å². The Hall–Kier alpha value is -0.320. The van der Waals surface area contributed by atoms with Crippen LogP contribution < -0.4 is 5.32 Å². The zero-order chi connectivity index (χ0) is 12.3. The van der Waals surface area contributed by atoms with Gasteiger partial charge in [-0.05, 0) is 40.4 Å². The van der Waals surface area contributed by atoms with Crippen LogP contribution in [0.15, 0.2) is 21.2 Å². The monoisotopic (exact) mass is 300 g/mol. The summed E-state index contributed by atoms with van der Waals surface area (Å²) >= 11 is 3.39. The summed E-state index contributed by atoms with van der Waals surface area (Å²) in [7, 11) is 0. The Morgan fingerprint density at radius 1 is 1.35 bits per heavy atom. The molecule has 1 aliphatic rings. The molecule has 0 spiro atoms. The van der Waals surface area contributed by atoms with Gasteiger partial charge in [0.1, 0.15) is 5.76 Å². The van der Waals surface area contributed by atoms with Gasteiger partial charge < -0.3 is 9.73 Å². The van der Waals surface area contributed by atoms with Gasteiger partial charge in [0, 0.05) is 26.2 Å². The lowest BCUT2D eigenvalue weighted by atomic mass is 10.00. The molecule has 1 aromatic rings. The van der Waals surface area contributed by atoms with E-state index in [1.54, 1.807) is 0 Å². The molecule has 2 heterocycles. The Morgan fingerprint density at radius 3 is 2.59 bits per heavy atom. The van der Waals surface area contributed by atoms with Crippen molar-refractivity contribution in [3.63, 3.8) is 0 Å². The fourth-order valence-electron chi connectivity index (χ4n) is 2.39. The summed E-state index contributed by atoms with van der Waals surface area (Å²) in [6, 6.07) is 4.51. The predicted molar refractivity (Wildman–Crippen MR) is 73.0 cm³/mol. The average molecular weight is 301 g/mol. The van der Waals surface area contributed by atoms with E-state index in [9.17, 15) is 0 Å². The van der Waals surface area contributed by atoms with Crippen molar-refractivity contribution in [1.29, 1.82) is 0 Å². The molecule has 96 valence electrons. The Balaban J connectivity index is 2.11. The van der Waals surface area contributed by atoms with Crippen LogP contribution in [0.25, 0.3) is 0 Å². The lowest BCUT2D eigenvalue weighted by Gasteiger charge is -2.34. The fraction of sp³-hybridized carbons (Fsp3) is 0.692. The van der Waals surface area contributed by atoms with Gasteiger partial charge in [-0.15, -0.1) is 0 Å². The molecule has 0 radical (unpaired) electrons. The van der Waals surface area contributed by atoms with Crippen LogP contribution in [0, 0.1) is 5.92 Å². The Kier molecular flexibility index (Phi) is 4.65. The molecule has 1 saturated heterocycles. The highest BCUT2D eigenvalue weighted by atomic mass is 79.9. The molecule has 1 atom stereocenters. The normalized spacial score (nSPS) is 19.8. The lowest BCUT2D eigenvalue weighted by molar-refractivity contribution is 0.135. The van der Waals surface area contributed by atoms with Gasteiger partial charge >= 0.3 is 0 Å². The molecular weight excluding hydrogens is 280 g/mol. The minimum absolute atomic E-state index is 0.420. The summed E-state index contributed by atoms with van der Waals surface area (Å²) < 4.78 is 6.58. The minimum Gasteiger partial charge on any atom is -0.453 e. The molecule has 0 amide bonds. The molecule has 17 heavy (non-hydrogen) atoms. The molecule has 4 heteroatoms. The topological polar surface area (TPSA) is 28.4 Å². The molecule has 1 aliphatic heterocycles. The van der Waals surface area contributed by atoms with E-state index in [4.69, 9.17) is 4.42 Å². The van der Waals surface area contributed by atoms with E-state index in [1.165, 1.54) is 0 Å². The summed E-state index contributed by atoms with van der Waals surface area (Å²) in [6.07, 6.45) is 1.15. The second-order valence-electron chi connectivity index (χ2n) is 5.07. The maximum atomic E-state index is 5.75. The van der Waals surface area contributed by atoms with Gasteiger partial charge in [-0.3, -0.25) is 4.90 Å². The van der Waals surface area contributed by atoms with Gasteiger partial charge in [0.2, 0.25) is 0 Å². The largest absolute Gasteiger partial charge is 0.453 e. The highest BCUT2D eigenvalue weighted by Crippen LogP contribution is 2.30. The number of hydrogen-bond donors (Lipinski definition) is 1. The lowest BCUT2D eigenvalue weighted by Crippen LogP contribution is -2.45. The molecule has 3 nitrogen and oxygen atoms in total. The van der Waals surface area contributed by atoms with Crippen LogP contribution in [-0.4, -0.2) is 31.1 Å². The van der Waals surface area contributed by atoms with Crippen LogP contribution in [0.1, 0.15) is 32.1 Å². The van der Waals surface area contributed by atoms with E-state index in [0.29, 0.717) is 12.0 Å². The Bertz CT molecular complexity index is 345. The van der Waals surface area contributed by atoms with Crippen LogP contribution in [0.3, 0.4) is 0 Å². The van der Waals surface area contributed by atoms with Crippen molar-refractivity contribution in [3.05, 3.63) is 22.6 Å². The molecular formula is C13H21BrN2O. The first-order chi connectivity index (χ1) is 8.16. The van der Waals surface area contributed by atoms with Gasteiger partial charge in [0.05, 0.1) is 6.04 Å². The number of nitrogens with zero attached hydrogens (tertiary/aromatic N) is 1. The van der Waals surface area contributed by atoms with E-state index in [0.717, 1.165) is 43.0 Å². The third-order valence-corrected chi connectivity index (χ3v) is 3.64. The van der Waals surface area contributed by atoms with Gasteiger partial charge in [-0.1, -0.05) is 13.8 Å². The highest BCUT2D eigenvalue weighted by molar-refractivity contribution is 9.10. The zero-order valence-corrected chi connectivity index (χ0v) is 12.2. The van der Waals surface area contributed by atoms with Gasteiger partial charge in [0.25, 0.3) is 0 Å². The number of hydrogen-bond acceptors (Lipinski definition) is 3. The molecule has 1 aromatic heterocycles. The average Bonchev–Trinajstić information content (AvgIpc) is 2.73. The van der Waals surface area contributed by atoms with Crippen molar-refractivity contribution in [2.45, 2.75) is 26.3 Å². The summed E-state index contributed by atoms with van der Waals surface area (Å²) in [5.41, 5.74) is 0. The first-order valence-electron chi connectivity index (χ1n) is 6.37. The van der Waals surface area contributed by atoms with E-state index in [2.05, 4.69) is 46.1 Å². The third-order valence-electron chi connectivity index (χ3n) is 3.21. The van der Waals surface area contributed by atoms with Crippen molar-refractivity contribution >= 4 is 15.9 Å². The van der Waals surface area contributed by atoms with E-state index in [1.807, 2.05) is 6.07 Å². The number of furan rings is 1. The van der Waals surface area contributed by atoms with Crippen LogP contribution >= 0.6 is 15.9 Å². The van der Waals surface area contributed by atoms with E-state index in [-0.39, 0.29) is 0 Å². The van der Waals surface area contributed by atoms with Gasteiger partial charge in [0.15, 0.2) is 4.67 Å². The Labute approximate surface area is 112 Å². The first-order valence-corrected chi connectivity index (χ1v) is 7.16. The maximum absolute atomic E-state index is 5.75. The molecule has 0 aliphatic carbocycles. The fourth-order valence-corrected chi connectivity index (χ4v) is 2.71. The quantitative estimate of drug-likeness (QED) is 0.926. The molecule has 0 saturated carbocycles. The summed E-state index contributed by atoms with van der Waals surface area (Å²) in [5.74, 6) is 1.77. The van der Waals surface area contributed by atoms with Crippen molar-refractivity contribution in [2.24, 2.45) is 5.92 Å². The summed E-state index contributed by atoms with van der Waals surface area (Å²) in [5, 5.41) is 3.40. The van der Waals surface area contributed by atoms with Crippen molar-refractivity contribution in [1.82, 2.24) is 10.2 Å². The van der Waals surface area contributed by atoms with Crippen molar-refractivity contribution in [2.75, 3.05) is 26.2 Å². The molecule has 1 N–H and O–H groups in total. The molecule has 0 unspecified atom stereocenters. The number of nitrogens with one attached hydrogen (secondary N) is 1. The SMILES string of the molecule is CC(C)C[C@@H](c1ccc(Br)o1)N1CCNCC1. The standard InChI is InChI=1S/C13H21BrN2O/c1-10(2)9-11(12-3-4-13(14)17-12)16-7-5-15-6-8-16/h3-4,10-11,15H,5-9H2,1-2H3/t11-/m0/s1. The number of piperazine rings is 1. The second kappa shape index (κ2) is 6.03. The predicted octanol–water partition coefficient (Wildman–Crippen LogP) is 3.03. The maximum Gasteiger partial charge on any atom is 0.169 e. The first kappa shape index (κ1) is 13.1. The van der Waals surface area contributed by atoms with Gasteiger partial charge in [-0.2, -0.15) is 0 Å². The highest BCUT2D eigenvalue weighted by Gasteiger charge is 2.25. The van der Waals surface area contributed by atoms with Crippen molar-refractivity contribution < 1.29 is 4.42 Å². The number of rotatable bonds is 4. The van der Waals surface area contributed by atoms with E-state index < -0.39 is 0 Å². The van der Waals surface area contributed by atoms with Crippen LogP contribution in [-0.2, 0) is 0 Å². The molecule has 1 fully saturated rings. The minimum atomic E-state index is 0.420. The summed E-state index contributed by atoms with van der Waals surface area (Å²) in [4.78, 5) is 2.53. The van der Waals surface area contributed by atoms with Gasteiger partial charge in [-0.25, -0.2) is 0 Å².